The Morgan fingerprint density at radius 3 is 2.33 bits per heavy atom. The number of carbonyl (C=O) groups is 2. The van der Waals surface area contributed by atoms with Crippen molar-refractivity contribution in [3.63, 3.8) is 0 Å². The molecule has 2 N–H and O–H groups in total. The van der Waals surface area contributed by atoms with Crippen LogP contribution in [0.3, 0.4) is 0 Å². The van der Waals surface area contributed by atoms with Crippen molar-refractivity contribution < 1.29 is 19.8 Å². The molecule has 2 aliphatic rings. The van der Waals surface area contributed by atoms with Crippen LogP contribution in [-0.2, 0) is 9.59 Å². The summed E-state index contributed by atoms with van der Waals surface area (Å²) in [6, 6.07) is -0.103. The average molecular weight is 255 g/mol. The van der Waals surface area contributed by atoms with E-state index in [0.717, 1.165) is 25.7 Å². The van der Waals surface area contributed by atoms with Gasteiger partial charge in [-0.25, -0.2) is 0 Å². The summed E-state index contributed by atoms with van der Waals surface area (Å²) in [7, 11) is 0. The Morgan fingerprint density at radius 1 is 1.06 bits per heavy atom. The van der Waals surface area contributed by atoms with Gasteiger partial charge >= 0.3 is 5.97 Å². The fourth-order valence-corrected chi connectivity index (χ4v) is 3.25. The van der Waals surface area contributed by atoms with E-state index >= 15 is 0 Å². The van der Waals surface area contributed by atoms with E-state index in [1.54, 1.807) is 4.90 Å². The molecule has 1 amide bonds. The molecule has 0 aromatic heterocycles. The third-order valence-corrected chi connectivity index (χ3v) is 4.27. The second-order valence-electron chi connectivity index (χ2n) is 5.35. The molecule has 18 heavy (non-hydrogen) atoms. The molecule has 1 aliphatic carbocycles. The molecule has 3 atom stereocenters. The molecule has 0 aromatic rings. The van der Waals surface area contributed by atoms with Gasteiger partial charge in [-0.2, -0.15) is 0 Å². The van der Waals surface area contributed by atoms with Crippen LogP contribution in [0.1, 0.15) is 38.5 Å². The minimum Gasteiger partial charge on any atom is -0.481 e. The lowest BCUT2D eigenvalue weighted by atomic mass is 9.78. The molecular formula is C13H21NO4. The van der Waals surface area contributed by atoms with Crippen molar-refractivity contribution in [3.8, 4) is 0 Å². The molecule has 0 bridgehead atoms. The number of carboxylic acids is 1. The van der Waals surface area contributed by atoms with Crippen molar-refractivity contribution in [1.82, 2.24) is 4.90 Å². The highest BCUT2D eigenvalue weighted by atomic mass is 16.4. The van der Waals surface area contributed by atoms with Crippen molar-refractivity contribution in [1.29, 1.82) is 0 Å². The number of hydrogen-bond donors (Lipinski definition) is 2. The third kappa shape index (κ3) is 2.51. The Balaban J connectivity index is 2.08. The Kier molecular flexibility index (Phi) is 4.22. The number of aliphatic hydroxyl groups is 1. The third-order valence-electron chi connectivity index (χ3n) is 4.27. The molecular weight excluding hydrogens is 234 g/mol. The summed E-state index contributed by atoms with van der Waals surface area (Å²) >= 11 is 0. The molecule has 2 rings (SSSR count). The highest BCUT2D eigenvalue weighted by Gasteiger charge is 2.40. The second-order valence-corrected chi connectivity index (χ2v) is 5.35. The minimum atomic E-state index is -0.854. The summed E-state index contributed by atoms with van der Waals surface area (Å²) in [4.78, 5) is 25.4. The zero-order valence-corrected chi connectivity index (χ0v) is 10.5. The van der Waals surface area contributed by atoms with E-state index in [9.17, 15) is 19.8 Å². The molecule has 1 saturated carbocycles. The van der Waals surface area contributed by atoms with Gasteiger partial charge in [-0.15, -0.1) is 0 Å². The molecule has 2 fully saturated rings. The monoisotopic (exact) mass is 255 g/mol. The number of hydrogen-bond acceptors (Lipinski definition) is 3. The van der Waals surface area contributed by atoms with Crippen LogP contribution >= 0.6 is 0 Å². The van der Waals surface area contributed by atoms with E-state index in [-0.39, 0.29) is 24.5 Å². The zero-order chi connectivity index (χ0) is 13.1. The minimum absolute atomic E-state index is 0.0177. The molecule has 0 radical (unpaired) electrons. The largest absolute Gasteiger partial charge is 0.481 e. The van der Waals surface area contributed by atoms with Crippen LogP contribution in [-0.4, -0.2) is 46.2 Å². The SMILES string of the molecule is O=C(O)C1CCCCC1C(=O)N1CCCC1CO. The van der Waals surface area contributed by atoms with Gasteiger partial charge in [0.25, 0.3) is 0 Å². The number of rotatable bonds is 3. The number of aliphatic hydroxyl groups excluding tert-OH is 1. The summed E-state index contributed by atoms with van der Waals surface area (Å²) in [6.45, 7) is 0.642. The summed E-state index contributed by atoms with van der Waals surface area (Å²) < 4.78 is 0. The maximum atomic E-state index is 12.4. The number of aliphatic carboxylic acids is 1. The van der Waals surface area contributed by atoms with Crippen LogP contribution < -0.4 is 0 Å². The highest BCUT2D eigenvalue weighted by molar-refractivity contribution is 5.85. The summed E-state index contributed by atoms with van der Waals surface area (Å²) in [5, 5.41) is 18.5. The summed E-state index contributed by atoms with van der Waals surface area (Å²) in [6.07, 6.45) is 4.82. The normalized spacial score (nSPS) is 32.5. The predicted molar refractivity (Wildman–Crippen MR) is 64.9 cm³/mol. The van der Waals surface area contributed by atoms with Crippen LogP contribution in [0.15, 0.2) is 0 Å². The van der Waals surface area contributed by atoms with Crippen LogP contribution in [0.4, 0.5) is 0 Å². The molecule has 5 heteroatoms. The topological polar surface area (TPSA) is 77.8 Å². The highest BCUT2D eigenvalue weighted by Crippen LogP contribution is 2.33. The van der Waals surface area contributed by atoms with E-state index in [0.29, 0.717) is 19.4 Å². The van der Waals surface area contributed by atoms with Crippen molar-refractivity contribution in [2.75, 3.05) is 13.2 Å². The van der Waals surface area contributed by atoms with Crippen molar-refractivity contribution in [2.24, 2.45) is 11.8 Å². The standard InChI is InChI=1S/C13H21NO4/c15-8-9-4-3-7-14(9)12(16)10-5-1-2-6-11(10)13(17)18/h9-11,15H,1-8H2,(H,17,18). The molecule has 1 saturated heterocycles. The maximum Gasteiger partial charge on any atom is 0.307 e. The van der Waals surface area contributed by atoms with Gasteiger partial charge in [0.1, 0.15) is 0 Å². The summed E-state index contributed by atoms with van der Waals surface area (Å²) in [5.74, 6) is -1.83. The van der Waals surface area contributed by atoms with Gasteiger partial charge in [0.05, 0.1) is 24.5 Å². The summed E-state index contributed by atoms with van der Waals surface area (Å²) in [5.41, 5.74) is 0. The maximum absolute atomic E-state index is 12.4. The first-order valence-corrected chi connectivity index (χ1v) is 6.79. The molecule has 0 aromatic carbocycles. The number of nitrogens with zero attached hydrogens (tertiary/aromatic N) is 1. The first-order chi connectivity index (χ1) is 8.65. The second kappa shape index (κ2) is 5.69. The number of carbonyl (C=O) groups excluding carboxylic acids is 1. The van der Waals surface area contributed by atoms with Gasteiger partial charge < -0.3 is 15.1 Å². The molecule has 5 nitrogen and oxygen atoms in total. The van der Waals surface area contributed by atoms with E-state index in [1.165, 1.54) is 0 Å². The lowest BCUT2D eigenvalue weighted by Crippen LogP contribution is -2.45. The Labute approximate surface area is 107 Å². The molecule has 0 spiro atoms. The van der Waals surface area contributed by atoms with Gasteiger partial charge in [-0.1, -0.05) is 12.8 Å². The van der Waals surface area contributed by atoms with E-state index in [4.69, 9.17) is 0 Å². The van der Waals surface area contributed by atoms with Gasteiger partial charge in [0, 0.05) is 6.54 Å². The van der Waals surface area contributed by atoms with Crippen LogP contribution in [0, 0.1) is 11.8 Å². The van der Waals surface area contributed by atoms with Gasteiger partial charge in [-0.3, -0.25) is 9.59 Å². The first kappa shape index (κ1) is 13.3. The van der Waals surface area contributed by atoms with Gasteiger partial charge in [0.2, 0.25) is 5.91 Å². The number of carboxylic acid groups (broad SMARTS) is 1. The quantitative estimate of drug-likeness (QED) is 0.784. The molecule has 102 valence electrons. The van der Waals surface area contributed by atoms with Crippen molar-refractivity contribution >= 4 is 11.9 Å². The van der Waals surface area contributed by atoms with Gasteiger partial charge in [0.15, 0.2) is 0 Å². The fraction of sp³-hybridized carbons (Fsp3) is 0.846. The Bertz CT molecular complexity index is 331. The Morgan fingerprint density at radius 2 is 1.72 bits per heavy atom. The lowest BCUT2D eigenvalue weighted by Gasteiger charge is -2.33. The van der Waals surface area contributed by atoms with Crippen molar-refractivity contribution in [3.05, 3.63) is 0 Å². The van der Waals surface area contributed by atoms with Crippen LogP contribution in [0.2, 0.25) is 0 Å². The average Bonchev–Trinajstić information content (AvgIpc) is 2.86. The smallest absolute Gasteiger partial charge is 0.307 e. The molecule has 1 aliphatic heterocycles. The van der Waals surface area contributed by atoms with Crippen LogP contribution in [0.5, 0.6) is 0 Å². The zero-order valence-electron chi connectivity index (χ0n) is 10.5. The first-order valence-electron chi connectivity index (χ1n) is 6.79. The predicted octanol–water partition coefficient (Wildman–Crippen LogP) is 0.861. The fourth-order valence-electron chi connectivity index (χ4n) is 3.25. The number of amides is 1. The lowest BCUT2D eigenvalue weighted by molar-refractivity contribution is -0.153. The molecule has 3 unspecified atom stereocenters. The Hall–Kier alpha value is -1.10. The van der Waals surface area contributed by atoms with Crippen LogP contribution in [0.25, 0.3) is 0 Å². The van der Waals surface area contributed by atoms with E-state index in [2.05, 4.69) is 0 Å². The molecule has 1 heterocycles. The van der Waals surface area contributed by atoms with E-state index in [1.807, 2.05) is 0 Å². The van der Waals surface area contributed by atoms with E-state index < -0.39 is 11.9 Å². The van der Waals surface area contributed by atoms with Gasteiger partial charge in [-0.05, 0) is 25.7 Å². The number of likely N-dealkylation sites (tertiary alicyclic amines) is 1. The van der Waals surface area contributed by atoms with Crippen molar-refractivity contribution in [2.45, 2.75) is 44.6 Å².